The second-order valence-electron chi connectivity index (χ2n) is 6.16. The van der Waals surface area contributed by atoms with Crippen molar-refractivity contribution in [3.05, 3.63) is 0 Å². The molecular weight excluding hydrogens is 274 g/mol. The van der Waals surface area contributed by atoms with Crippen LogP contribution in [0.1, 0.15) is 47.5 Å². The van der Waals surface area contributed by atoms with Crippen molar-refractivity contribution in [2.75, 3.05) is 6.54 Å². The average Bonchev–Trinajstić information content (AvgIpc) is 2.33. The maximum Gasteiger partial charge on any atom is 0.326 e. The predicted molar refractivity (Wildman–Crippen MR) is 79.9 cm³/mol. The minimum absolute atomic E-state index is 0.101. The Morgan fingerprint density at radius 1 is 1.14 bits per heavy atom. The Morgan fingerprint density at radius 3 is 2.14 bits per heavy atom. The smallest absolute Gasteiger partial charge is 0.326 e. The fourth-order valence-corrected chi connectivity index (χ4v) is 1.57. The fraction of sp³-hybridized carbons (Fsp3) is 0.786. The van der Waals surface area contributed by atoms with Crippen molar-refractivity contribution in [1.82, 2.24) is 16.0 Å². The van der Waals surface area contributed by atoms with Crippen LogP contribution in [0.2, 0.25) is 0 Å². The van der Waals surface area contributed by atoms with Crippen molar-refractivity contribution < 1.29 is 19.5 Å². The van der Waals surface area contributed by atoms with Crippen LogP contribution >= 0.6 is 0 Å². The third-order valence-corrected chi connectivity index (χ3v) is 3.05. The van der Waals surface area contributed by atoms with Crippen molar-refractivity contribution in [2.24, 2.45) is 5.41 Å². The van der Waals surface area contributed by atoms with Crippen molar-refractivity contribution in [3.63, 3.8) is 0 Å². The Labute approximate surface area is 125 Å². The van der Waals surface area contributed by atoms with Crippen LogP contribution in [0.25, 0.3) is 0 Å². The van der Waals surface area contributed by atoms with Gasteiger partial charge in [-0.1, -0.05) is 27.7 Å². The third kappa shape index (κ3) is 8.16. The number of rotatable bonds is 7. The summed E-state index contributed by atoms with van der Waals surface area (Å²) in [5, 5.41) is 16.8. The summed E-state index contributed by atoms with van der Waals surface area (Å²) < 4.78 is 0. The summed E-state index contributed by atoms with van der Waals surface area (Å²) in [6, 6.07) is -1.48. The Morgan fingerprint density at radius 2 is 1.71 bits per heavy atom. The molecule has 2 unspecified atom stereocenters. The van der Waals surface area contributed by atoms with E-state index >= 15 is 0 Å². The van der Waals surface area contributed by atoms with Gasteiger partial charge in [-0.15, -0.1) is 0 Å². The number of carboxylic acid groups (broad SMARTS) is 1. The van der Waals surface area contributed by atoms with Gasteiger partial charge in [0.05, 0.1) is 0 Å². The molecule has 0 heterocycles. The predicted octanol–water partition coefficient (Wildman–Crippen LogP) is 1.09. The van der Waals surface area contributed by atoms with Gasteiger partial charge in [0.25, 0.3) is 0 Å². The highest BCUT2D eigenvalue weighted by Crippen LogP contribution is 2.19. The molecule has 0 radical (unpaired) electrons. The van der Waals surface area contributed by atoms with Gasteiger partial charge in [0.1, 0.15) is 6.04 Å². The van der Waals surface area contributed by atoms with Gasteiger partial charge in [-0.2, -0.15) is 0 Å². The van der Waals surface area contributed by atoms with Crippen molar-refractivity contribution >= 4 is 17.9 Å². The number of nitrogens with one attached hydrogen (secondary N) is 3. The number of urea groups is 1. The first-order valence-corrected chi connectivity index (χ1v) is 7.14. The number of amides is 3. The van der Waals surface area contributed by atoms with E-state index in [1.807, 2.05) is 13.8 Å². The molecule has 122 valence electrons. The van der Waals surface area contributed by atoms with E-state index in [1.165, 1.54) is 0 Å². The molecule has 0 fully saturated rings. The van der Waals surface area contributed by atoms with Gasteiger partial charge in [-0.3, -0.25) is 4.79 Å². The van der Waals surface area contributed by atoms with E-state index < -0.39 is 23.5 Å². The molecule has 0 aromatic rings. The Bertz CT molecular complexity index is 377. The Kier molecular flexibility index (Phi) is 7.76. The van der Waals surface area contributed by atoms with Gasteiger partial charge in [0.15, 0.2) is 0 Å². The molecular formula is C14H27N3O4. The molecule has 2 atom stereocenters. The molecule has 0 aromatic carbocycles. The topological polar surface area (TPSA) is 108 Å². The lowest BCUT2D eigenvalue weighted by molar-refractivity contribution is -0.141. The van der Waals surface area contributed by atoms with E-state index in [0.29, 0.717) is 0 Å². The molecule has 0 spiro atoms. The Balaban J connectivity index is 4.16. The summed E-state index contributed by atoms with van der Waals surface area (Å²) in [5.74, 6) is -1.23. The van der Waals surface area contributed by atoms with Crippen molar-refractivity contribution in [1.29, 1.82) is 0 Å². The fourth-order valence-electron chi connectivity index (χ4n) is 1.57. The van der Waals surface area contributed by atoms with Gasteiger partial charge in [0.2, 0.25) is 5.91 Å². The van der Waals surface area contributed by atoms with Crippen LogP contribution in [0.3, 0.4) is 0 Å². The highest BCUT2D eigenvalue weighted by Gasteiger charge is 2.32. The first kappa shape index (κ1) is 19.2. The molecule has 7 heteroatoms. The molecule has 0 saturated heterocycles. The van der Waals surface area contributed by atoms with Crippen LogP contribution < -0.4 is 16.0 Å². The first-order chi connectivity index (χ1) is 9.57. The molecule has 21 heavy (non-hydrogen) atoms. The second-order valence-corrected chi connectivity index (χ2v) is 6.16. The van der Waals surface area contributed by atoms with Crippen molar-refractivity contribution in [3.8, 4) is 0 Å². The highest BCUT2D eigenvalue weighted by molar-refractivity contribution is 5.83. The van der Waals surface area contributed by atoms with E-state index in [-0.39, 0.29) is 24.9 Å². The summed E-state index contributed by atoms with van der Waals surface area (Å²) >= 11 is 0. The van der Waals surface area contributed by atoms with Crippen LogP contribution in [0.15, 0.2) is 0 Å². The second kappa shape index (κ2) is 8.49. The molecule has 0 bridgehead atoms. The lowest BCUT2D eigenvalue weighted by Gasteiger charge is -2.27. The molecule has 0 rings (SSSR count). The quantitative estimate of drug-likeness (QED) is 0.564. The maximum atomic E-state index is 11.6. The van der Waals surface area contributed by atoms with E-state index in [9.17, 15) is 14.4 Å². The SMILES string of the molecule is CCC(C)NC(=O)CCNC(=O)NC(C(=O)O)C(C)(C)C. The summed E-state index contributed by atoms with van der Waals surface area (Å²) in [6.45, 7) is 9.21. The Hall–Kier alpha value is -1.79. The molecule has 0 aliphatic heterocycles. The minimum atomic E-state index is -1.09. The number of aliphatic carboxylic acids is 1. The van der Waals surface area contributed by atoms with Gasteiger partial charge in [0, 0.05) is 19.0 Å². The van der Waals surface area contributed by atoms with E-state index in [0.717, 1.165) is 6.42 Å². The highest BCUT2D eigenvalue weighted by atomic mass is 16.4. The average molecular weight is 301 g/mol. The molecule has 3 amide bonds. The monoisotopic (exact) mass is 301 g/mol. The van der Waals surface area contributed by atoms with Gasteiger partial charge < -0.3 is 21.1 Å². The zero-order valence-electron chi connectivity index (χ0n) is 13.4. The standard InChI is InChI=1S/C14H27N3O4/c1-6-9(2)16-10(18)7-8-15-13(21)17-11(12(19)20)14(3,4)5/h9,11H,6-8H2,1-5H3,(H,16,18)(H,19,20)(H2,15,17,21). The van der Waals surface area contributed by atoms with Gasteiger partial charge >= 0.3 is 12.0 Å². The summed E-state index contributed by atoms with van der Waals surface area (Å²) in [7, 11) is 0. The normalized spacial score (nSPS) is 14.0. The van der Waals surface area contributed by atoms with Crippen molar-refractivity contribution in [2.45, 2.75) is 59.5 Å². The molecule has 0 aliphatic carbocycles. The third-order valence-electron chi connectivity index (χ3n) is 3.05. The lowest BCUT2D eigenvalue weighted by atomic mass is 9.87. The number of carboxylic acids is 1. The molecule has 7 nitrogen and oxygen atoms in total. The molecule has 4 N–H and O–H groups in total. The van der Waals surface area contributed by atoms with Crippen LogP contribution in [0, 0.1) is 5.41 Å². The summed E-state index contributed by atoms with van der Waals surface area (Å²) in [4.78, 5) is 34.3. The van der Waals surface area contributed by atoms with E-state index in [2.05, 4.69) is 16.0 Å². The number of carbonyl (C=O) groups excluding carboxylic acids is 2. The van der Waals surface area contributed by atoms with Gasteiger partial charge in [-0.05, 0) is 18.8 Å². The van der Waals surface area contributed by atoms with Crippen LogP contribution in [0.5, 0.6) is 0 Å². The van der Waals surface area contributed by atoms with Crippen LogP contribution in [-0.2, 0) is 9.59 Å². The number of carbonyl (C=O) groups is 3. The van der Waals surface area contributed by atoms with Crippen LogP contribution in [0.4, 0.5) is 4.79 Å². The first-order valence-electron chi connectivity index (χ1n) is 7.14. The largest absolute Gasteiger partial charge is 0.480 e. The molecule has 0 saturated carbocycles. The lowest BCUT2D eigenvalue weighted by Crippen LogP contribution is -2.52. The van der Waals surface area contributed by atoms with Crippen LogP contribution in [-0.4, -0.2) is 41.6 Å². The number of hydrogen-bond acceptors (Lipinski definition) is 3. The summed E-state index contributed by atoms with van der Waals surface area (Å²) in [6.07, 6.45) is 0.997. The zero-order valence-corrected chi connectivity index (χ0v) is 13.4. The van der Waals surface area contributed by atoms with E-state index in [4.69, 9.17) is 5.11 Å². The zero-order chi connectivity index (χ0) is 16.6. The molecule has 0 aliphatic rings. The van der Waals surface area contributed by atoms with Gasteiger partial charge in [-0.25, -0.2) is 9.59 Å². The summed E-state index contributed by atoms with van der Waals surface area (Å²) in [5.41, 5.74) is -0.600. The molecule has 0 aromatic heterocycles. The van der Waals surface area contributed by atoms with E-state index in [1.54, 1.807) is 20.8 Å². The minimum Gasteiger partial charge on any atom is -0.480 e. The number of hydrogen-bond donors (Lipinski definition) is 4. The maximum absolute atomic E-state index is 11.6.